The molecule has 0 spiro atoms. The van der Waals surface area contributed by atoms with Crippen molar-refractivity contribution in [3.63, 3.8) is 0 Å². The van der Waals surface area contributed by atoms with Crippen molar-refractivity contribution < 1.29 is 22.8 Å². The molecule has 1 aromatic rings. The Morgan fingerprint density at radius 2 is 1.62 bits per heavy atom. The molecule has 0 saturated heterocycles. The number of imide groups is 1. The lowest BCUT2D eigenvalue weighted by Crippen LogP contribution is -2.46. The highest BCUT2D eigenvalue weighted by molar-refractivity contribution is 7.90. The van der Waals surface area contributed by atoms with E-state index < -0.39 is 14.8 Å². The molecule has 158 valence electrons. The van der Waals surface area contributed by atoms with Crippen LogP contribution in [0.4, 0.5) is 5.69 Å². The maximum Gasteiger partial charge on any atom is 0.261 e. The summed E-state index contributed by atoms with van der Waals surface area (Å²) in [6.07, 6.45) is 2.34. The van der Waals surface area contributed by atoms with Crippen LogP contribution in [-0.4, -0.2) is 48.9 Å². The van der Waals surface area contributed by atoms with Gasteiger partial charge < -0.3 is 5.32 Å². The zero-order chi connectivity index (χ0) is 21.6. The third-order valence-corrected chi connectivity index (χ3v) is 7.84. The fourth-order valence-corrected chi connectivity index (χ4v) is 4.58. The topological polar surface area (TPSA) is 113 Å². The van der Waals surface area contributed by atoms with Gasteiger partial charge in [0.15, 0.2) is 0 Å². The number of amides is 3. The van der Waals surface area contributed by atoms with E-state index in [4.69, 9.17) is 0 Å². The predicted octanol–water partition coefficient (Wildman–Crippen LogP) is 2.13. The van der Waals surface area contributed by atoms with Crippen molar-refractivity contribution >= 4 is 33.4 Å². The van der Waals surface area contributed by atoms with Gasteiger partial charge in [0.25, 0.3) is 11.8 Å². The van der Waals surface area contributed by atoms with E-state index in [1.807, 2.05) is 0 Å². The van der Waals surface area contributed by atoms with E-state index in [1.54, 1.807) is 32.9 Å². The summed E-state index contributed by atoms with van der Waals surface area (Å²) in [5, 5.41) is 2.82. The van der Waals surface area contributed by atoms with Crippen molar-refractivity contribution in [2.75, 3.05) is 12.4 Å². The van der Waals surface area contributed by atoms with Crippen molar-refractivity contribution in [1.29, 1.82) is 0 Å². The van der Waals surface area contributed by atoms with E-state index in [1.165, 1.54) is 13.1 Å². The van der Waals surface area contributed by atoms with Gasteiger partial charge in [0.2, 0.25) is 15.9 Å². The van der Waals surface area contributed by atoms with Gasteiger partial charge in [-0.1, -0.05) is 0 Å². The first-order chi connectivity index (χ1) is 13.4. The summed E-state index contributed by atoms with van der Waals surface area (Å²) in [6.45, 7) is 4.96. The average Bonchev–Trinajstić information content (AvgIpc) is 2.85. The van der Waals surface area contributed by atoms with Gasteiger partial charge in [0.1, 0.15) is 0 Å². The maximum atomic E-state index is 12.6. The standard InChI is InChI=1S/C20H27N3O5S/c1-20(2,3)29(27,28)22-13-7-5-12(6-8-13)17(24)21-14-9-10-15-16(11-14)19(26)23(4)18(15)25/h9-13,22H,5-8H2,1-4H3,(H,21,24). The highest BCUT2D eigenvalue weighted by Crippen LogP contribution is 2.29. The van der Waals surface area contributed by atoms with Crippen LogP contribution in [0.3, 0.4) is 0 Å². The average molecular weight is 422 g/mol. The van der Waals surface area contributed by atoms with Gasteiger partial charge in [-0.2, -0.15) is 0 Å². The van der Waals surface area contributed by atoms with E-state index in [-0.39, 0.29) is 35.2 Å². The minimum Gasteiger partial charge on any atom is -0.326 e. The zero-order valence-electron chi connectivity index (χ0n) is 17.1. The Morgan fingerprint density at radius 1 is 1.03 bits per heavy atom. The van der Waals surface area contributed by atoms with Crippen LogP contribution in [0.25, 0.3) is 0 Å². The molecule has 1 saturated carbocycles. The van der Waals surface area contributed by atoms with Crippen LogP contribution in [-0.2, 0) is 14.8 Å². The number of fused-ring (bicyclic) bond motifs is 1. The third-order valence-electron chi connectivity index (χ3n) is 5.58. The Morgan fingerprint density at radius 3 is 2.21 bits per heavy atom. The Hall–Kier alpha value is -2.26. The van der Waals surface area contributed by atoms with Crippen LogP contribution in [0.2, 0.25) is 0 Å². The van der Waals surface area contributed by atoms with E-state index in [2.05, 4.69) is 10.0 Å². The second kappa shape index (κ2) is 7.53. The van der Waals surface area contributed by atoms with E-state index in [0.29, 0.717) is 36.9 Å². The van der Waals surface area contributed by atoms with E-state index in [9.17, 15) is 22.8 Å². The Bertz CT molecular complexity index is 957. The molecule has 3 rings (SSSR count). The highest BCUT2D eigenvalue weighted by Gasteiger charge is 2.35. The summed E-state index contributed by atoms with van der Waals surface area (Å²) in [5.41, 5.74) is 1.10. The molecule has 1 fully saturated rings. The molecule has 8 nitrogen and oxygen atoms in total. The molecule has 2 aliphatic rings. The van der Waals surface area contributed by atoms with Gasteiger partial charge in [-0.15, -0.1) is 0 Å². The van der Waals surface area contributed by atoms with Crippen LogP contribution < -0.4 is 10.0 Å². The molecule has 0 unspecified atom stereocenters. The van der Waals surface area contributed by atoms with Crippen LogP contribution in [0.1, 0.15) is 67.2 Å². The van der Waals surface area contributed by atoms with Crippen molar-refractivity contribution in [3.05, 3.63) is 29.3 Å². The molecule has 1 aliphatic carbocycles. The number of hydrogen-bond acceptors (Lipinski definition) is 5. The molecule has 1 aromatic carbocycles. The van der Waals surface area contributed by atoms with Gasteiger partial charge in [-0.25, -0.2) is 13.1 Å². The Balaban J connectivity index is 1.59. The van der Waals surface area contributed by atoms with Crippen molar-refractivity contribution in [3.8, 4) is 0 Å². The van der Waals surface area contributed by atoms with Gasteiger partial charge in [0.05, 0.1) is 15.9 Å². The van der Waals surface area contributed by atoms with Crippen molar-refractivity contribution in [2.45, 2.75) is 57.2 Å². The molecule has 0 atom stereocenters. The minimum absolute atomic E-state index is 0.160. The fraction of sp³-hybridized carbons (Fsp3) is 0.550. The number of carbonyl (C=O) groups is 3. The molecule has 29 heavy (non-hydrogen) atoms. The summed E-state index contributed by atoms with van der Waals surface area (Å²) in [4.78, 5) is 37.7. The number of carbonyl (C=O) groups excluding carboxylic acids is 3. The lowest BCUT2D eigenvalue weighted by atomic mass is 9.86. The number of hydrogen-bond donors (Lipinski definition) is 2. The summed E-state index contributed by atoms with van der Waals surface area (Å²) in [7, 11) is -1.99. The predicted molar refractivity (Wildman–Crippen MR) is 109 cm³/mol. The first-order valence-electron chi connectivity index (χ1n) is 9.70. The molecule has 1 aliphatic heterocycles. The monoisotopic (exact) mass is 421 g/mol. The lowest BCUT2D eigenvalue weighted by Gasteiger charge is -2.30. The fourth-order valence-electron chi connectivity index (χ4n) is 3.55. The SMILES string of the molecule is CN1C(=O)c2ccc(NC(=O)C3CCC(NS(=O)(=O)C(C)(C)C)CC3)cc2C1=O. The number of benzene rings is 1. The first-order valence-corrected chi connectivity index (χ1v) is 11.2. The lowest BCUT2D eigenvalue weighted by molar-refractivity contribution is -0.120. The van der Waals surface area contributed by atoms with Crippen LogP contribution in [0.15, 0.2) is 18.2 Å². The molecule has 9 heteroatoms. The van der Waals surface area contributed by atoms with E-state index >= 15 is 0 Å². The molecular weight excluding hydrogens is 394 g/mol. The summed E-state index contributed by atoms with van der Waals surface area (Å²) >= 11 is 0. The Labute approximate surface area is 171 Å². The Kier molecular flexibility index (Phi) is 5.57. The second-order valence-electron chi connectivity index (χ2n) is 8.70. The third kappa shape index (κ3) is 4.20. The maximum absolute atomic E-state index is 12.6. The van der Waals surface area contributed by atoms with Crippen molar-refractivity contribution in [2.24, 2.45) is 5.92 Å². The van der Waals surface area contributed by atoms with Gasteiger partial charge in [0, 0.05) is 24.7 Å². The molecule has 0 bridgehead atoms. The molecule has 2 N–H and O–H groups in total. The molecule has 0 aromatic heterocycles. The molecular formula is C20H27N3O5S. The molecule has 1 heterocycles. The number of nitrogens with one attached hydrogen (secondary N) is 2. The summed E-state index contributed by atoms with van der Waals surface area (Å²) in [5.74, 6) is -1.11. The molecule has 0 radical (unpaired) electrons. The number of sulfonamides is 1. The number of rotatable bonds is 4. The van der Waals surface area contributed by atoms with Gasteiger partial charge >= 0.3 is 0 Å². The first kappa shape index (κ1) is 21.4. The van der Waals surface area contributed by atoms with Crippen molar-refractivity contribution in [1.82, 2.24) is 9.62 Å². The van der Waals surface area contributed by atoms with Crippen LogP contribution in [0, 0.1) is 5.92 Å². The van der Waals surface area contributed by atoms with Crippen LogP contribution in [0.5, 0.6) is 0 Å². The van der Waals surface area contributed by atoms with E-state index in [0.717, 1.165) is 4.90 Å². The molecule has 3 amide bonds. The summed E-state index contributed by atoms with van der Waals surface area (Å²) in [6, 6.07) is 4.53. The highest BCUT2D eigenvalue weighted by atomic mass is 32.2. The number of anilines is 1. The zero-order valence-corrected chi connectivity index (χ0v) is 17.9. The largest absolute Gasteiger partial charge is 0.326 e. The smallest absolute Gasteiger partial charge is 0.261 e. The van der Waals surface area contributed by atoms with Crippen LogP contribution >= 0.6 is 0 Å². The number of nitrogens with zero attached hydrogens (tertiary/aromatic N) is 1. The minimum atomic E-state index is -3.42. The van der Waals surface area contributed by atoms with Gasteiger partial charge in [-0.3, -0.25) is 19.3 Å². The normalized spacial score (nSPS) is 22.6. The second-order valence-corrected chi connectivity index (χ2v) is 11.2. The quantitative estimate of drug-likeness (QED) is 0.723. The summed E-state index contributed by atoms with van der Waals surface area (Å²) < 4.78 is 26.5. The van der Waals surface area contributed by atoms with Gasteiger partial charge in [-0.05, 0) is 64.7 Å².